The molecule has 8 heteroatoms. The molecule has 1 heterocycles. The van der Waals surface area contributed by atoms with Crippen molar-refractivity contribution in [1.29, 1.82) is 0 Å². The molecule has 0 saturated heterocycles. The second kappa shape index (κ2) is 11.2. The first kappa shape index (κ1) is 23.9. The molecule has 0 aliphatic heterocycles. The van der Waals surface area contributed by atoms with Gasteiger partial charge in [0.25, 0.3) is 0 Å². The normalized spacial score (nSPS) is 10.3. The Hall–Kier alpha value is -3.76. The number of halogens is 1. The van der Waals surface area contributed by atoms with E-state index in [-0.39, 0.29) is 13.0 Å². The van der Waals surface area contributed by atoms with E-state index in [1.54, 1.807) is 38.1 Å². The fraction of sp³-hybridized carbons (Fsp3) is 0.240. The van der Waals surface area contributed by atoms with Crippen LogP contribution in [0.25, 0.3) is 11.3 Å². The van der Waals surface area contributed by atoms with Crippen LogP contribution in [0.3, 0.4) is 0 Å². The molecule has 3 rings (SSSR count). The molecule has 0 unspecified atom stereocenters. The first-order valence-electron chi connectivity index (χ1n) is 10.4. The lowest BCUT2D eigenvalue weighted by Gasteiger charge is -2.23. The molecule has 7 nitrogen and oxygen atoms in total. The molecule has 0 saturated carbocycles. The fourth-order valence-corrected chi connectivity index (χ4v) is 3.37. The minimum absolute atomic E-state index is 0.101. The zero-order valence-corrected chi connectivity index (χ0v) is 19.1. The molecule has 1 aromatic heterocycles. The van der Waals surface area contributed by atoms with Crippen LogP contribution in [0.5, 0.6) is 0 Å². The summed E-state index contributed by atoms with van der Waals surface area (Å²) >= 11 is 6.39. The molecule has 0 atom stereocenters. The summed E-state index contributed by atoms with van der Waals surface area (Å²) in [6, 6.07) is 14.3. The van der Waals surface area contributed by atoms with E-state index in [4.69, 9.17) is 26.0 Å². The van der Waals surface area contributed by atoms with E-state index in [0.717, 1.165) is 5.56 Å². The van der Waals surface area contributed by atoms with Crippen LogP contribution in [0, 0.1) is 18.8 Å². The number of carboxylic acid groups (broad SMARTS) is 1. The van der Waals surface area contributed by atoms with Crippen molar-refractivity contribution in [2.24, 2.45) is 0 Å². The number of aryl methyl sites for hydroxylation is 1. The van der Waals surface area contributed by atoms with Crippen molar-refractivity contribution in [3.05, 3.63) is 64.8 Å². The Morgan fingerprint density at radius 2 is 1.91 bits per heavy atom. The van der Waals surface area contributed by atoms with Crippen molar-refractivity contribution in [1.82, 2.24) is 5.16 Å². The molecule has 0 aliphatic carbocycles. The second-order valence-corrected chi connectivity index (χ2v) is 7.47. The second-order valence-electron chi connectivity index (χ2n) is 7.06. The molecule has 1 amide bonds. The predicted molar refractivity (Wildman–Crippen MR) is 126 cm³/mol. The zero-order chi connectivity index (χ0) is 23.8. The predicted octanol–water partition coefficient (Wildman–Crippen LogP) is 6.20. The van der Waals surface area contributed by atoms with Crippen molar-refractivity contribution in [3.8, 4) is 23.2 Å². The number of carbonyl (C=O) groups excluding carboxylic acids is 1. The van der Waals surface area contributed by atoms with Gasteiger partial charge >= 0.3 is 12.1 Å². The summed E-state index contributed by atoms with van der Waals surface area (Å²) in [5.74, 6) is 5.55. The van der Waals surface area contributed by atoms with Crippen LogP contribution in [0.2, 0.25) is 5.02 Å². The van der Waals surface area contributed by atoms with Crippen molar-refractivity contribution >= 4 is 35.0 Å². The number of rotatable bonds is 7. The highest BCUT2D eigenvalue weighted by Crippen LogP contribution is 2.40. The average molecular weight is 467 g/mol. The van der Waals surface area contributed by atoms with E-state index in [0.29, 0.717) is 46.3 Å². The lowest BCUT2D eigenvalue weighted by molar-refractivity contribution is -0.137. The van der Waals surface area contributed by atoms with Crippen molar-refractivity contribution in [3.63, 3.8) is 0 Å². The third kappa shape index (κ3) is 5.93. The maximum absolute atomic E-state index is 12.9. The number of carboxylic acids is 1. The topological polar surface area (TPSA) is 92.9 Å². The maximum atomic E-state index is 12.9. The molecule has 0 fully saturated rings. The number of anilines is 2. The van der Waals surface area contributed by atoms with Crippen LogP contribution in [0.4, 0.5) is 16.2 Å². The van der Waals surface area contributed by atoms with Gasteiger partial charge in [0.1, 0.15) is 11.4 Å². The lowest BCUT2D eigenvalue weighted by atomic mass is 10.1. The SMILES string of the molecule is CCOC(=O)N(c1ccccc1Cl)c1c(C)noc1-c1ccc(C#CCCCC(=O)O)cc1. The van der Waals surface area contributed by atoms with Gasteiger partial charge in [0, 0.05) is 24.0 Å². The summed E-state index contributed by atoms with van der Waals surface area (Å²) in [5.41, 5.74) is 2.87. The van der Waals surface area contributed by atoms with Crippen LogP contribution >= 0.6 is 11.6 Å². The number of carbonyl (C=O) groups is 2. The number of benzene rings is 2. The van der Waals surface area contributed by atoms with E-state index in [1.807, 2.05) is 24.3 Å². The fourth-order valence-electron chi connectivity index (χ4n) is 3.15. The van der Waals surface area contributed by atoms with Crippen LogP contribution in [0.1, 0.15) is 37.4 Å². The maximum Gasteiger partial charge on any atom is 0.419 e. The molecule has 3 aromatic rings. The van der Waals surface area contributed by atoms with Gasteiger partial charge in [0.05, 0.1) is 17.3 Å². The van der Waals surface area contributed by atoms with Gasteiger partial charge in [0.2, 0.25) is 0 Å². The van der Waals surface area contributed by atoms with Crippen molar-refractivity contribution < 1.29 is 24.0 Å². The standard InChI is InChI=1S/C25H23ClN2O5/c1-3-32-25(31)28(21-11-8-7-10-20(21)26)23-17(2)27-33-24(23)19-15-13-18(14-16-19)9-5-4-6-12-22(29)30/h7-8,10-11,13-16H,3-4,6,12H2,1-2H3,(H,29,30). The summed E-state index contributed by atoms with van der Waals surface area (Å²) in [4.78, 5) is 24.9. The van der Waals surface area contributed by atoms with Gasteiger partial charge in [-0.2, -0.15) is 0 Å². The Morgan fingerprint density at radius 3 is 2.58 bits per heavy atom. The van der Waals surface area contributed by atoms with Gasteiger partial charge < -0.3 is 14.4 Å². The minimum atomic E-state index is -0.826. The quantitative estimate of drug-likeness (QED) is 0.329. The summed E-state index contributed by atoms with van der Waals surface area (Å²) in [6.45, 7) is 3.66. The highest BCUT2D eigenvalue weighted by atomic mass is 35.5. The molecular formula is C25H23ClN2O5. The third-order valence-electron chi connectivity index (χ3n) is 4.67. The molecular weight excluding hydrogens is 444 g/mol. The van der Waals surface area contributed by atoms with Gasteiger partial charge in [-0.3, -0.25) is 4.79 Å². The number of para-hydroxylation sites is 1. The molecule has 0 aliphatic rings. The van der Waals surface area contributed by atoms with Gasteiger partial charge in [-0.1, -0.05) is 40.7 Å². The van der Waals surface area contributed by atoms with E-state index in [2.05, 4.69) is 17.0 Å². The molecule has 0 bridgehead atoms. The number of hydrogen-bond donors (Lipinski definition) is 1. The summed E-state index contributed by atoms with van der Waals surface area (Å²) < 4.78 is 10.9. The number of ether oxygens (including phenoxy) is 1. The number of nitrogens with zero attached hydrogens (tertiary/aromatic N) is 2. The van der Waals surface area contributed by atoms with E-state index in [1.165, 1.54) is 4.90 Å². The summed E-state index contributed by atoms with van der Waals surface area (Å²) in [6.07, 6.45) is 0.518. The lowest BCUT2D eigenvalue weighted by Crippen LogP contribution is -2.27. The van der Waals surface area contributed by atoms with Crippen LogP contribution in [0.15, 0.2) is 53.1 Å². The van der Waals surface area contributed by atoms with Crippen LogP contribution < -0.4 is 4.90 Å². The van der Waals surface area contributed by atoms with Gasteiger partial charge in [0.15, 0.2) is 5.76 Å². The first-order valence-corrected chi connectivity index (χ1v) is 10.8. The van der Waals surface area contributed by atoms with Crippen molar-refractivity contribution in [2.75, 3.05) is 11.5 Å². The highest BCUT2D eigenvalue weighted by Gasteiger charge is 2.29. The number of unbranched alkanes of at least 4 members (excludes halogenated alkanes) is 1. The van der Waals surface area contributed by atoms with Crippen LogP contribution in [-0.4, -0.2) is 28.9 Å². The van der Waals surface area contributed by atoms with E-state index in [9.17, 15) is 9.59 Å². The van der Waals surface area contributed by atoms with Crippen molar-refractivity contribution in [2.45, 2.75) is 33.1 Å². The molecule has 1 N–H and O–H groups in total. The van der Waals surface area contributed by atoms with Gasteiger partial charge in [-0.05, 0) is 56.7 Å². The van der Waals surface area contributed by atoms with E-state index >= 15 is 0 Å². The molecule has 33 heavy (non-hydrogen) atoms. The Labute approximate surface area is 196 Å². The van der Waals surface area contributed by atoms with Crippen LogP contribution in [-0.2, 0) is 9.53 Å². The number of aromatic nitrogens is 1. The zero-order valence-electron chi connectivity index (χ0n) is 18.3. The molecule has 0 spiro atoms. The molecule has 2 aromatic carbocycles. The largest absolute Gasteiger partial charge is 0.481 e. The summed E-state index contributed by atoms with van der Waals surface area (Å²) in [7, 11) is 0. The Morgan fingerprint density at radius 1 is 1.18 bits per heavy atom. The Kier molecular flexibility index (Phi) is 8.11. The smallest absolute Gasteiger partial charge is 0.419 e. The monoisotopic (exact) mass is 466 g/mol. The highest BCUT2D eigenvalue weighted by molar-refractivity contribution is 6.34. The third-order valence-corrected chi connectivity index (χ3v) is 4.99. The van der Waals surface area contributed by atoms with Gasteiger partial charge in [-0.25, -0.2) is 9.69 Å². The average Bonchev–Trinajstić information content (AvgIpc) is 3.16. The Bertz CT molecular complexity index is 1190. The summed E-state index contributed by atoms with van der Waals surface area (Å²) in [5, 5.41) is 13.1. The minimum Gasteiger partial charge on any atom is -0.481 e. The number of aliphatic carboxylic acids is 1. The number of hydrogen-bond acceptors (Lipinski definition) is 5. The first-order chi connectivity index (χ1) is 15.9. The Balaban J connectivity index is 1.93. The van der Waals surface area contributed by atoms with Gasteiger partial charge in [-0.15, -0.1) is 0 Å². The number of amides is 1. The van der Waals surface area contributed by atoms with E-state index < -0.39 is 12.1 Å². The molecule has 170 valence electrons. The molecule has 0 radical (unpaired) electrons.